The second kappa shape index (κ2) is 3.99. The molecule has 17 heavy (non-hydrogen) atoms. The molecule has 0 atom stereocenters. The monoisotopic (exact) mass is 302 g/mol. The van der Waals surface area contributed by atoms with Gasteiger partial charge < -0.3 is 10.0 Å². The van der Waals surface area contributed by atoms with Crippen molar-refractivity contribution in [2.45, 2.75) is 0 Å². The summed E-state index contributed by atoms with van der Waals surface area (Å²) in [6.07, 6.45) is -1.24. The number of anilines is 2. The topological polar surface area (TPSA) is 60.9 Å². The third kappa shape index (κ3) is 1.76. The fourth-order valence-electron chi connectivity index (χ4n) is 1.69. The number of rotatable bonds is 0. The summed E-state index contributed by atoms with van der Waals surface area (Å²) in [4.78, 5) is 24.8. The minimum absolute atomic E-state index is 0.0804. The fraction of sp³-hybridized carbons (Fsp3) is 0.200. The predicted octanol–water partition coefficient (Wildman–Crippen LogP) is 2.05. The van der Waals surface area contributed by atoms with Crippen LogP contribution in [0.15, 0.2) is 16.6 Å². The summed E-state index contributed by atoms with van der Waals surface area (Å²) in [5.74, 6) is -0.957. The van der Waals surface area contributed by atoms with Crippen molar-refractivity contribution in [1.82, 2.24) is 0 Å². The second-order valence-electron chi connectivity index (χ2n) is 3.55. The van der Waals surface area contributed by atoms with Crippen LogP contribution >= 0.6 is 15.9 Å². The van der Waals surface area contributed by atoms with Crippen LogP contribution in [-0.2, 0) is 4.79 Å². The summed E-state index contributed by atoms with van der Waals surface area (Å²) < 4.78 is 13.5. The third-order valence-electron chi connectivity index (χ3n) is 2.57. The lowest BCUT2D eigenvalue weighted by Crippen LogP contribution is -2.46. The zero-order valence-corrected chi connectivity index (χ0v) is 10.4. The van der Waals surface area contributed by atoms with E-state index in [-0.39, 0.29) is 22.4 Å². The normalized spacial score (nSPS) is 14.9. The molecule has 1 aromatic rings. The maximum absolute atomic E-state index is 13.4. The van der Waals surface area contributed by atoms with Gasteiger partial charge in [-0.15, -0.1) is 0 Å². The van der Waals surface area contributed by atoms with E-state index in [4.69, 9.17) is 5.11 Å². The van der Waals surface area contributed by atoms with Gasteiger partial charge in [0.05, 0.1) is 15.8 Å². The quantitative estimate of drug-likeness (QED) is 0.798. The van der Waals surface area contributed by atoms with E-state index >= 15 is 0 Å². The SMILES string of the molecule is CN1C(=O)CN(C(=O)O)c2ccc(F)c(Br)c21. The number of hydrogen-bond donors (Lipinski definition) is 1. The van der Waals surface area contributed by atoms with Gasteiger partial charge in [0.1, 0.15) is 12.4 Å². The van der Waals surface area contributed by atoms with Gasteiger partial charge in [0.25, 0.3) is 0 Å². The van der Waals surface area contributed by atoms with E-state index in [1.54, 1.807) is 0 Å². The fourth-order valence-corrected chi connectivity index (χ4v) is 2.29. The highest BCUT2D eigenvalue weighted by Crippen LogP contribution is 2.40. The molecule has 5 nitrogen and oxygen atoms in total. The molecule has 0 fully saturated rings. The Balaban J connectivity index is 2.68. The number of nitrogens with zero attached hydrogens (tertiary/aromatic N) is 2. The molecule has 0 spiro atoms. The molecule has 90 valence electrons. The van der Waals surface area contributed by atoms with E-state index in [2.05, 4.69) is 15.9 Å². The van der Waals surface area contributed by atoms with Gasteiger partial charge in [-0.1, -0.05) is 0 Å². The van der Waals surface area contributed by atoms with E-state index in [1.165, 1.54) is 18.0 Å². The van der Waals surface area contributed by atoms with Crippen LogP contribution in [0.3, 0.4) is 0 Å². The van der Waals surface area contributed by atoms with Crippen molar-refractivity contribution in [2.24, 2.45) is 0 Å². The summed E-state index contributed by atoms with van der Waals surface area (Å²) in [5, 5.41) is 9.00. The molecule has 7 heteroatoms. The molecule has 1 heterocycles. The van der Waals surface area contributed by atoms with Crippen molar-refractivity contribution in [3.05, 3.63) is 22.4 Å². The van der Waals surface area contributed by atoms with Crippen molar-refractivity contribution >= 4 is 39.3 Å². The number of amides is 2. The second-order valence-corrected chi connectivity index (χ2v) is 4.34. The lowest BCUT2D eigenvalue weighted by molar-refractivity contribution is -0.117. The van der Waals surface area contributed by atoms with Crippen molar-refractivity contribution in [2.75, 3.05) is 23.4 Å². The number of halogens is 2. The molecule has 0 saturated heterocycles. The van der Waals surface area contributed by atoms with Crippen molar-refractivity contribution in [1.29, 1.82) is 0 Å². The number of carbonyl (C=O) groups excluding carboxylic acids is 1. The van der Waals surface area contributed by atoms with E-state index in [1.807, 2.05) is 0 Å². The number of hydrogen-bond acceptors (Lipinski definition) is 2. The smallest absolute Gasteiger partial charge is 0.412 e. The number of benzene rings is 1. The molecule has 1 aromatic carbocycles. The van der Waals surface area contributed by atoms with Crippen LogP contribution in [0.25, 0.3) is 0 Å². The zero-order chi connectivity index (χ0) is 12.7. The molecular weight excluding hydrogens is 295 g/mol. The van der Waals surface area contributed by atoms with Crippen molar-refractivity contribution < 1.29 is 19.1 Å². The summed E-state index contributed by atoms with van der Waals surface area (Å²) in [5.41, 5.74) is 0.511. The van der Waals surface area contributed by atoms with E-state index in [0.29, 0.717) is 0 Å². The highest BCUT2D eigenvalue weighted by atomic mass is 79.9. The Hall–Kier alpha value is -1.63. The van der Waals surface area contributed by atoms with Gasteiger partial charge in [-0.3, -0.25) is 9.69 Å². The largest absolute Gasteiger partial charge is 0.465 e. The molecular formula is C10H8BrFN2O3. The lowest BCUT2D eigenvalue weighted by Gasteiger charge is -2.33. The Kier molecular flexibility index (Phi) is 2.78. The van der Waals surface area contributed by atoms with Crippen LogP contribution in [0.5, 0.6) is 0 Å². The molecule has 1 aliphatic rings. The van der Waals surface area contributed by atoms with Crippen LogP contribution in [0, 0.1) is 5.82 Å². The van der Waals surface area contributed by atoms with Gasteiger partial charge >= 0.3 is 6.09 Å². The highest BCUT2D eigenvalue weighted by Gasteiger charge is 2.32. The first-order valence-corrected chi connectivity index (χ1v) is 5.47. The van der Waals surface area contributed by atoms with Crippen LogP contribution in [0.2, 0.25) is 0 Å². The van der Waals surface area contributed by atoms with Gasteiger partial charge in [0.15, 0.2) is 0 Å². The van der Waals surface area contributed by atoms with Crippen LogP contribution in [0.1, 0.15) is 0 Å². The molecule has 0 radical (unpaired) electrons. The molecule has 0 aromatic heterocycles. The van der Waals surface area contributed by atoms with E-state index in [0.717, 1.165) is 11.0 Å². The van der Waals surface area contributed by atoms with Crippen LogP contribution in [-0.4, -0.2) is 30.7 Å². The number of likely N-dealkylation sites (N-methyl/N-ethyl adjacent to an activating group) is 1. The number of carboxylic acid groups (broad SMARTS) is 1. The van der Waals surface area contributed by atoms with Crippen LogP contribution in [0.4, 0.5) is 20.6 Å². The van der Waals surface area contributed by atoms with Crippen LogP contribution < -0.4 is 9.80 Å². The number of carbonyl (C=O) groups is 2. The first kappa shape index (κ1) is 11.8. The molecule has 0 aliphatic carbocycles. The maximum atomic E-state index is 13.4. The molecule has 2 rings (SSSR count). The van der Waals surface area contributed by atoms with Gasteiger partial charge in [-0.25, -0.2) is 9.18 Å². The average molecular weight is 303 g/mol. The van der Waals surface area contributed by atoms with Gasteiger partial charge in [0.2, 0.25) is 5.91 Å². The van der Waals surface area contributed by atoms with E-state index in [9.17, 15) is 14.0 Å². The summed E-state index contributed by atoms with van der Waals surface area (Å²) in [6.45, 7) is -0.267. The maximum Gasteiger partial charge on any atom is 0.412 e. The molecule has 0 saturated carbocycles. The van der Waals surface area contributed by atoms with Gasteiger partial charge in [-0.2, -0.15) is 0 Å². The number of fused-ring (bicyclic) bond motifs is 1. The molecule has 1 aliphatic heterocycles. The highest BCUT2D eigenvalue weighted by molar-refractivity contribution is 9.10. The first-order valence-electron chi connectivity index (χ1n) is 4.68. The lowest BCUT2D eigenvalue weighted by atomic mass is 10.1. The zero-order valence-electron chi connectivity index (χ0n) is 8.78. The average Bonchev–Trinajstić information content (AvgIpc) is 2.27. The Bertz CT molecular complexity index is 521. The van der Waals surface area contributed by atoms with Gasteiger partial charge in [-0.05, 0) is 28.1 Å². The molecule has 2 amide bonds. The minimum atomic E-state index is -1.24. The standard InChI is InChI=1S/C10H8BrFN2O3/c1-13-7(15)4-14(10(16)17)6-3-2-5(12)8(11)9(6)13/h2-3H,4H2,1H3,(H,16,17). The Morgan fingerprint density at radius 3 is 2.76 bits per heavy atom. The Labute approximate surface area is 105 Å². The van der Waals surface area contributed by atoms with Gasteiger partial charge in [0, 0.05) is 7.05 Å². The molecule has 0 bridgehead atoms. The van der Waals surface area contributed by atoms with Crippen molar-refractivity contribution in [3.8, 4) is 0 Å². The minimum Gasteiger partial charge on any atom is -0.465 e. The molecule has 0 unspecified atom stereocenters. The third-order valence-corrected chi connectivity index (χ3v) is 3.33. The Morgan fingerprint density at radius 1 is 1.53 bits per heavy atom. The predicted molar refractivity (Wildman–Crippen MR) is 62.9 cm³/mol. The first-order chi connectivity index (χ1) is 7.93. The van der Waals surface area contributed by atoms with Crippen molar-refractivity contribution in [3.63, 3.8) is 0 Å². The van der Waals surface area contributed by atoms with E-state index < -0.39 is 17.8 Å². The summed E-state index contributed by atoms with van der Waals surface area (Å²) in [6, 6.07) is 2.50. The Morgan fingerprint density at radius 2 is 2.18 bits per heavy atom. The summed E-state index contributed by atoms with van der Waals surface area (Å²) >= 11 is 3.02. The summed E-state index contributed by atoms with van der Waals surface area (Å²) in [7, 11) is 1.48. The molecule has 1 N–H and O–H groups in total.